The summed E-state index contributed by atoms with van der Waals surface area (Å²) in [6.45, 7) is 0.260. The van der Waals surface area contributed by atoms with Crippen LogP contribution in [0.25, 0.3) is 0 Å². The monoisotopic (exact) mass is 430 g/mol. The molecular formula is C20H19ClN4O5. The summed E-state index contributed by atoms with van der Waals surface area (Å²) < 4.78 is 0. The molecule has 1 fully saturated rings. The number of hydrogen-bond donors (Lipinski definition) is 3. The maximum absolute atomic E-state index is 12.2. The van der Waals surface area contributed by atoms with Gasteiger partial charge in [-0.15, -0.1) is 0 Å². The number of amides is 3. The second kappa shape index (κ2) is 9.36. The van der Waals surface area contributed by atoms with Gasteiger partial charge in [-0.05, 0) is 43.2 Å². The zero-order chi connectivity index (χ0) is 21.7. The molecule has 2 aromatic rings. The molecule has 0 saturated heterocycles. The molecule has 0 heterocycles. The van der Waals surface area contributed by atoms with Gasteiger partial charge in [0.05, 0.1) is 15.5 Å². The van der Waals surface area contributed by atoms with Gasteiger partial charge in [0.15, 0.2) is 0 Å². The number of nitro groups is 1. The van der Waals surface area contributed by atoms with Crippen LogP contribution in [0.4, 0.5) is 11.4 Å². The molecule has 3 N–H and O–H groups in total. The summed E-state index contributed by atoms with van der Waals surface area (Å²) in [7, 11) is 0. The molecule has 3 rings (SSSR count). The summed E-state index contributed by atoms with van der Waals surface area (Å²) in [5.74, 6) is -0.821. The van der Waals surface area contributed by atoms with Crippen LogP contribution in [-0.4, -0.2) is 35.7 Å². The quantitative estimate of drug-likeness (QED) is 0.336. The Bertz CT molecular complexity index is 989. The number of non-ortho nitro benzene ring substituents is 1. The second-order valence-corrected chi connectivity index (χ2v) is 7.18. The van der Waals surface area contributed by atoms with Crippen molar-refractivity contribution >= 4 is 40.7 Å². The Morgan fingerprint density at radius 3 is 2.23 bits per heavy atom. The van der Waals surface area contributed by atoms with Crippen LogP contribution in [0.2, 0.25) is 5.02 Å². The average Bonchev–Trinajstić information content (AvgIpc) is 3.57. The number of nitrogens with zero attached hydrogens (tertiary/aromatic N) is 1. The topological polar surface area (TPSA) is 130 Å². The second-order valence-electron chi connectivity index (χ2n) is 6.77. The summed E-state index contributed by atoms with van der Waals surface area (Å²) in [4.78, 5) is 46.3. The fraction of sp³-hybridized carbons (Fsp3) is 0.250. The molecule has 9 nitrogen and oxygen atoms in total. The van der Waals surface area contributed by atoms with Crippen molar-refractivity contribution in [3.63, 3.8) is 0 Å². The van der Waals surface area contributed by atoms with E-state index in [1.54, 1.807) is 24.3 Å². The Labute approximate surface area is 176 Å². The van der Waals surface area contributed by atoms with Gasteiger partial charge in [0.25, 0.3) is 17.5 Å². The number of carbonyl (C=O) groups is 3. The van der Waals surface area contributed by atoms with Gasteiger partial charge in [-0.1, -0.05) is 11.6 Å². The zero-order valence-electron chi connectivity index (χ0n) is 15.8. The van der Waals surface area contributed by atoms with E-state index in [-0.39, 0.29) is 47.1 Å². The van der Waals surface area contributed by atoms with Gasteiger partial charge in [-0.25, -0.2) is 0 Å². The molecule has 0 atom stereocenters. The molecule has 0 aliphatic heterocycles. The van der Waals surface area contributed by atoms with Crippen molar-refractivity contribution in [1.82, 2.24) is 10.6 Å². The fourth-order valence-corrected chi connectivity index (χ4v) is 2.85. The number of nitro benzene ring substituents is 1. The van der Waals surface area contributed by atoms with E-state index in [1.807, 2.05) is 0 Å². The summed E-state index contributed by atoms with van der Waals surface area (Å²) in [6, 6.07) is 10.1. The number of halogens is 1. The molecular weight excluding hydrogens is 412 g/mol. The van der Waals surface area contributed by atoms with Crippen molar-refractivity contribution < 1.29 is 19.3 Å². The molecule has 156 valence electrons. The van der Waals surface area contributed by atoms with Crippen LogP contribution in [0.1, 0.15) is 33.6 Å². The van der Waals surface area contributed by atoms with Gasteiger partial charge in [0.2, 0.25) is 5.91 Å². The minimum atomic E-state index is -0.615. The van der Waals surface area contributed by atoms with Gasteiger partial charge >= 0.3 is 0 Å². The van der Waals surface area contributed by atoms with Crippen LogP contribution >= 0.6 is 11.6 Å². The molecule has 3 amide bonds. The van der Waals surface area contributed by atoms with Crippen LogP contribution in [0.5, 0.6) is 0 Å². The molecule has 2 aromatic carbocycles. The van der Waals surface area contributed by atoms with E-state index >= 15 is 0 Å². The van der Waals surface area contributed by atoms with Crippen molar-refractivity contribution in [2.45, 2.75) is 12.8 Å². The predicted molar refractivity (Wildman–Crippen MR) is 111 cm³/mol. The Morgan fingerprint density at radius 1 is 1.00 bits per heavy atom. The molecule has 10 heteroatoms. The highest BCUT2D eigenvalue weighted by Gasteiger charge is 2.29. The number of carbonyl (C=O) groups excluding carboxylic acids is 3. The number of hydrogen-bond acceptors (Lipinski definition) is 5. The van der Waals surface area contributed by atoms with Crippen LogP contribution < -0.4 is 16.0 Å². The van der Waals surface area contributed by atoms with Crippen molar-refractivity contribution in [2.75, 3.05) is 18.4 Å². The number of benzene rings is 2. The zero-order valence-corrected chi connectivity index (χ0v) is 16.6. The van der Waals surface area contributed by atoms with E-state index in [2.05, 4.69) is 16.0 Å². The van der Waals surface area contributed by atoms with Crippen molar-refractivity contribution in [3.8, 4) is 0 Å². The van der Waals surface area contributed by atoms with E-state index in [4.69, 9.17) is 11.6 Å². The average molecular weight is 431 g/mol. The number of rotatable bonds is 8. The summed E-state index contributed by atoms with van der Waals surface area (Å²) in [5.41, 5.74) is 0.785. The lowest BCUT2D eigenvalue weighted by Crippen LogP contribution is -2.34. The lowest BCUT2D eigenvalue weighted by atomic mass is 10.2. The first-order chi connectivity index (χ1) is 14.3. The first kappa shape index (κ1) is 21.3. The van der Waals surface area contributed by atoms with E-state index < -0.39 is 10.8 Å². The van der Waals surface area contributed by atoms with Gasteiger partial charge in [-0.2, -0.15) is 0 Å². The normalized spacial score (nSPS) is 12.7. The molecule has 0 radical (unpaired) electrons. The van der Waals surface area contributed by atoms with Crippen molar-refractivity contribution in [2.24, 2.45) is 5.92 Å². The van der Waals surface area contributed by atoms with Crippen molar-refractivity contribution in [3.05, 3.63) is 68.7 Å². The van der Waals surface area contributed by atoms with Gasteiger partial charge < -0.3 is 16.0 Å². The third-order valence-corrected chi connectivity index (χ3v) is 4.79. The maximum atomic E-state index is 12.2. The Balaban J connectivity index is 1.45. The first-order valence-electron chi connectivity index (χ1n) is 9.26. The fourth-order valence-electron chi connectivity index (χ4n) is 2.64. The van der Waals surface area contributed by atoms with Crippen molar-refractivity contribution in [1.29, 1.82) is 0 Å². The molecule has 1 aliphatic carbocycles. The summed E-state index contributed by atoms with van der Waals surface area (Å²) in [5, 5.41) is 18.9. The maximum Gasteiger partial charge on any atom is 0.270 e. The highest BCUT2D eigenvalue weighted by Crippen LogP contribution is 2.30. The molecule has 1 saturated carbocycles. The molecule has 0 bridgehead atoms. The van der Waals surface area contributed by atoms with E-state index in [0.29, 0.717) is 11.3 Å². The third kappa shape index (κ3) is 5.54. The molecule has 1 aliphatic rings. The highest BCUT2D eigenvalue weighted by molar-refractivity contribution is 6.33. The standard InChI is InChI=1S/C20H19ClN4O5/c21-17-8-7-15(25(29)30)11-16(17)20(28)23-10-9-22-18(26)12-3-5-14(6-4-12)24-19(27)13-1-2-13/h3-8,11,13H,1-2,9-10H2,(H,22,26)(H,23,28)(H,24,27). The van der Waals surface area contributed by atoms with Crippen LogP contribution in [0.3, 0.4) is 0 Å². The Hall–Kier alpha value is -3.46. The molecule has 0 aromatic heterocycles. The SMILES string of the molecule is O=C(NCCNC(=O)c1cc([N+](=O)[O-])ccc1Cl)c1ccc(NC(=O)C2CC2)cc1. The van der Waals surface area contributed by atoms with Gasteiger partial charge in [0.1, 0.15) is 0 Å². The lowest BCUT2D eigenvalue weighted by molar-refractivity contribution is -0.384. The number of nitrogens with one attached hydrogen (secondary N) is 3. The summed E-state index contributed by atoms with van der Waals surface area (Å²) in [6.07, 6.45) is 1.83. The number of anilines is 1. The van der Waals surface area contributed by atoms with E-state index in [0.717, 1.165) is 18.9 Å². The summed E-state index contributed by atoms with van der Waals surface area (Å²) >= 11 is 5.92. The third-order valence-electron chi connectivity index (χ3n) is 4.46. The molecule has 0 unspecified atom stereocenters. The lowest BCUT2D eigenvalue weighted by Gasteiger charge is -2.09. The van der Waals surface area contributed by atoms with Gasteiger partial charge in [0, 0.05) is 42.4 Å². The smallest absolute Gasteiger partial charge is 0.270 e. The predicted octanol–water partition coefficient (Wildman–Crippen LogP) is 2.76. The Morgan fingerprint density at radius 2 is 1.63 bits per heavy atom. The molecule has 0 spiro atoms. The minimum Gasteiger partial charge on any atom is -0.350 e. The largest absolute Gasteiger partial charge is 0.350 e. The highest BCUT2D eigenvalue weighted by atomic mass is 35.5. The van der Waals surface area contributed by atoms with Gasteiger partial charge in [-0.3, -0.25) is 24.5 Å². The van der Waals surface area contributed by atoms with Crippen LogP contribution in [-0.2, 0) is 4.79 Å². The van der Waals surface area contributed by atoms with E-state index in [9.17, 15) is 24.5 Å². The molecule has 30 heavy (non-hydrogen) atoms. The Kier molecular flexibility index (Phi) is 6.63. The minimum absolute atomic E-state index is 0.00760. The van der Waals surface area contributed by atoms with Crippen LogP contribution in [0.15, 0.2) is 42.5 Å². The van der Waals surface area contributed by atoms with E-state index in [1.165, 1.54) is 12.1 Å². The first-order valence-corrected chi connectivity index (χ1v) is 9.64. The van der Waals surface area contributed by atoms with Crippen LogP contribution in [0, 0.1) is 16.0 Å².